The molecule has 0 spiro atoms. The molecule has 4 heteroatoms. The summed E-state index contributed by atoms with van der Waals surface area (Å²) in [6, 6.07) is 0. The number of carbonyl (C=O) groups is 2. The first-order valence-electron chi connectivity index (χ1n) is 10.3. The van der Waals surface area contributed by atoms with Crippen molar-refractivity contribution in [3.05, 3.63) is 12.2 Å². The first kappa shape index (κ1) is 20.0. The minimum atomic E-state index is -0.142. The lowest BCUT2D eigenvalue weighted by atomic mass is 9.80. The lowest BCUT2D eigenvalue weighted by molar-refractivity contribution is -0.147. The Labute approximate surface area is 153 Å². The Morgan fingerprint density at radius 1 is 0.720 bits per heavy atom. The van der Waals surface area contributed by atoms with E-state index in [9.17, 15) is 9.59 Å². The summed E-state index contributed by atoms with van der Waals surface area (Å²) in [5, 5.41) is 0. The monoisotopic (exact) mass is 348 g/mol. The van der Waals surface area contributed by atoms with E-state index in [1.54, 1.807) is 0 Å². The molecule has 1 fully saturated rings. The van der Waals surface area contributed by atoms with Crippen molar-refractivity contribution < 1.29 is 9.59 Å². The summed E-state index contributed by atoms with van der Waals surface area (Å²) in [5.74, 6) is 0.660. The number of allylic oxidation sites excluding steroid dienone is 2. The number of rotatable bonds is 10. The van der Waals surface area contributed by atoms with E-state index in [2.05, 4.69) is 39.8 Å². The molecule has 0 radical (unpaired) electrons. The molecule has 142 valence electrons. The van der Waals surface area contributed by atoms with Crippen LogP contribution < -0.4 is 0 Å². The molecule has 0 N–H and O–H groups in total. The van der Waals surface area contributed by atoms with Crippen molar-refractivity contribution >= 4 is 11.8 Å². The summed E-state index contributed by atoms with van der Waals surface area (Å²) in [7, 11) is 0. The van der Waals surface area contributed by atoms with Gasteiger partial charge in [0.05, 0.1) is 11.8 Å². The largest absolute Gasteiger partial charge is 0.342 e. The molecule has 0 saturated heterocycles. The van der Waals surface area contributed by atoms with Crippen LogP contribution in [-0.4, -0.2) is 47.8 Å². The van der Waals surface area contributed by atoms with Crippen LogP contribution in [-0.2, 0) is 9.59 Å². The van der Waals surface area contributed by atoms with Gasteiger partial charge in [0, 0.05) is 26.2 Å². The van der Waals surface area contributed by atoms with Crippen molar-refractivity contribution in [1.29, 1.82) is 0 Å². The fourth-order valence-corrected chi connectivity index (χ4v) is 4.66. The Balaban J connectivity index is 2.21. The van der Waals surface area contributed by atoms with Crippen molar-refractivity contribution in [2.75, 3.05) is 26.2 Å². The van der Waals surface area contributed by atoms with Crippen LogP contribution in [0.3, 0.4) is 0 Å². The molecule has 4 nitrogen and oxygen atoms in total. The van der Waals surface area contributed by atoms with Crippen molar-refractivity contribution in [3.8, 4) is 0 Å². The third-order valence-electron chi connectivity index (χ3n) is 5.63. The molecule has 25 heavy (non-hydrogen) atoms. The zero-order valence-corrected chi connectivity index (χ0v) is 16.5. The van der Waals surface area contributed by atoms with E-state index in [4.69, 9.17) is 0 Å². The molecule has 2 amide bonds. The minimum absolute atomic E-state index is 0.142. The van der Waals surface area contributed by atoms with Crippen molar-refractivity contribution in [2.45, 2.75) is 59.8 Å². The van der Waals surface area contributed by atoms with Crippen LogP contribution in [0.15, 0.2) is 12.2 Å². The van der Waals surface area contributed by atoms with Gasteiger partial charge in [0.1, 0.15) is 0 Å². The zero-order chi connectivity index (χ0) is 18.4. The maximum atomic E-state index is 13.3. The van der Waals surface area contributed by atoms with Crippen LogP contribution in [0.1, 0.15) is 59.8 Å². The molecule has 1 saturated carbocycles. The van der Waals surface area contributed by atoms with E-state index in [0.717, 1.165) is 58.3 Å². The van der Waals surface area contributed by atoms with Crippen LogP contribution in [0.4, 0.5) is 0 Å². The Morgan fingerprint density at radius 3 is 1.32 bits per heavy atom. The van der Waals surface area contributed by atoms with Crippen molar-refractivity contribution in [2.24, 2.45) is 23.7 Å². The molecule has 0 unspecified atom stereocenters. The molecule has 2 aliphatic rings. The van der Waals surface area contributed by atoms with E-state index in [-0.39, 0.29) is 35.5 Å². The second-order valence-corrected chi connectivity index (χ2v) is 7.65. The van der Waals surface area contributed by atoms with E-state index < -0.39 is 0 Å². The fraction of sp³-hybridized carbons (Fsp3) is 0.810. The molecule has 0 aliphatic heterocycles. The smallest absolute Gasteiger partial charge is 0.227 e. The van der Waals surface area contributed by atoms with E-state index in [0.29, 0.717) is 0 Å². The zero-order valence-electron chi connectivity index (χ0n) is 16.5. The lowest BCUT2D eigenvalue weighted by Crippen LogP contribution is -2.47. The SMILES string of the molecule is CCCN(CCC)C(=O)[C@@H]1[C@@H](C(=O)N(CCC)CCC)[C@H]2C=C[C@@H]1C2. The first-order chi connectivity index (χ1) is 12.1. The molecule has 0 aromatic rings. The van der Waals surface area contributed by atoms with Gasteiger partial charge in [-0.05, 0) is 43.9 Å². The number of carbonyl (C=O) groups excluding carboxylic acids is 2. The Bertz CT molecular complexity index is 434. The summed E-state index contributed by atoms with van der Waals surface area (Å²) in [6.07, 6.45) is 9.24. The maximum absolute atomic E-state index is 13.3. The van der Waals surface area contributed by atoms with Gasteiger partial charge in [-0.15, -0.1) is 0 Å². The molecule has 4 atom stereocenters. The van der Waals surface area contributed by atoms with Gasteiger partial charge in [-0.1, -0.05) is 39.8 Å². The predicted octanol–water partition coefficient (Wildman–Crippen LogP) is 3.72. The average Bonchev–Trinajstić information content (AvgIpc) is 3.21. The Hall–Kier alpha value is -1.32. The van der Waals surface area contributed by atoms with Gasteiger partial charge < -0.3 is 9.80 Å². The van der Waals surface area contributed by atoms with Gasteiger partial charge in [0.25, 0.3) is 0 Å². The summed E-state index contributed by atoms with van der Waals surface area (Å²) in [4.78, 5) is 30.6. The number of nitrogens with zero attached hydrogens (tertiary/aromatic N) is 2. The van der Waals surface area contributed by atoms with Crippen molar-refractivity contribution in [3.63, 3.8) is 0 Å². The fourth-order valence-electron chi connectivity index (χ4n) is 4.66. The van der Waals surface area contributed by atoms with Crippen molar-refractivity contribution in [1.82, 2.24) is 9.80 Å². The second-order valence-electron chi connectivity index (χ2n) is 7.65. The van der Waals surface area contributed by atoms with Crippen LogP contribution in [0, 0.1) is 23.7 Å². The van der Waals surface area contributed by atoms with Crippen LogP contribution in [0.5, 0.6) is 0 Å². The minimum Gasteiger partial charge on any atom is -0.342 e. The highest BCUT2D eigenvalue weighted by Crippen LogP contribution is 2.49. The molecule has 2 aliphatic carbocycles. The van der Waals surface area contributed by atoms with Gasteiger partial charge in [-0.25, -0.2) is 0 Å². The van der Waals surface area contributed by atoms with Gasteiger partial charge in [0.2, 0.25) is 11.8 Å². The summed E-state index contributed by atoms with van der Waals surface area (Å²) in [6.45, 7) is 11.7. The van der Waals surface area contributed by atoms with Gasteiger partial charge in [0.15, 0.2) is 0 Å². The number of amides is 2. The molecule has 0 aromatic heterocycles. The summed E-state index contributed by atoms with van der Waals surface area (Å²) in [5.41, 5.74) is 0. The molecular formula is C21H36N2O2. The quantitative estimate of drug-likeness (QED) is 0.565. The molecule has 2 rings (SSSR count). The van der Waals surface area contributed by atoms with E-state index in [1.807, 2.05) is 9.80 Å². The summed E-state index contributed by atoms with van der Waals surface area (Å²) < 4.78 is 0. The summed E-state index contributed by atoms with van der Waals surface area (Å²) >= 11 is 0. The predicted molar refractivity (Wildman–Crippen MR) is 102 cm³/mol. The number of hydrogen-bond donors (Lipinski definition) is 0. The maximum Gasteiger partial charge on any atom is 0.227 e. The van der Waals surface area contributed by atoms with E-state index >= 15 is 0 Å². The lowest BCUT2D eigenvalue weighted by Gasteiger charge is -2.34. The normalized spacial score (nSPS) is 26.9. The Kier molecular flexibility index (Phi) is 7.52. The highest BCUT2D eigenvalue weighted by atomic mass is 16.2. The first-order valence-corrected chi connectivity index (χ1v) is 10.3. The van der Waals surface area contributed by atoms with Crippen LogP contribution >= 0.6 is 0 Å². The molecule has 0 aromatic carbocycles. The highest BCUT2D eigenvalue weighted by molar-refractivity contribution is 5.90. The highest BCUT2D eigenvalue weighted by Gasteiger charge is 2.53. The van der Waals surface area contributed by atoms with Crippen LogP contribution in [0.25, 0.3) is 0 Å². The Morgan fingerprint density at radius 2 is 1.04 bits per heavy atom. The van der Waals surface area contributed by atoms with Gasteiger partial charge in [-0.3, -0.25) is 9.59 Å². The molecular weight excluding hydrogens is 312 g/mol. The number of fused-ring (bicyclic) bond motifs is 2. The number of hydrogen-bond acceptors (Lipinski definition) is 2. The van der Waals surface area contributed by atoms with Gasteiger partial charge in [-0.2, -0.15) is 0 Å². The average molecular weight is 349 g/mol. The molecule has 2 bridgehead atoms. The molecule has 0 heterocycles. The van der Waals surface area contributed by atoms with E-state index in [1.165, 1.54) is 0 Å². The third-order valence-corrected chi connectivity index (χ3v) is 5.63. The third kappa shape index (κ3) is 4.27. The standard InChI is InChI=1S/C21H36N2O2/c1-5-11-22(12-6-2)20(24)18-16-9-10-17(15-16)19(18)21(25)23(13-7-3)14-8-4/h9-10,16-19H,5-8,11-15H2,1-4H3/t16-,17+,18-,19-/m0/s1. The second kappa shape index (κ2) is 9.40. The van der Waals surface area contributed by atoms with Gasteiger partial charge >= 0.3 is 0 Å². The van der Waals surface area contributed by atoms with Crippen LogP contribution in [0.2, 0.25) is 0 Å². The topological polar surface area (TPSA) is 40.6 Å².